The Labute approximate surface area is 166 Å². The van der Waals surface area contributed by atoms with Crippen molar-refractivity contribution in [2.24, 2.45) is 0 Å². The van der Waals surface area contributed by atoms with Gasteiger partial charge in [-0.1, -0.05) is 6.07 Å². The van der Waals surface area contributed by atoms with Crippen molar-refractivity contribution in [2.75, 3.05) is 19.8 Å². The van der Waals surface area contributed by atoms with E-state index in [0.717, 1.165) is 10.1 Å². The Morgan fingerprint density at radius 3 is 2.79 bits per heavy atom. The molecule has 0 aliphatic carbocycles. The van der Waals surface area contributed by atoms with Crippen LogP contribution < -0.4 is 26.0 Å². The summed E-state index contributed by atoms with van der Waals surface area (Å²) in [7, 11) is 0. The number of nitrogens with one attached hydrogen (secondary N) is 1. The lowest BCUT2D eigenvalue weighted by molar-refractivity contribution is -0.121. The van der Waals surface area contributed by atoms with Crippen molar-refractivity contribution in [1.82, 2.24) is 14.5 Å². The second-order valence-electron chi connectivity index (χ2n) is 6.94. The number of carbonyl (C=O) groups is 1. The molecule has 0 unspecified atom stereocenters. The standard InChI is InChI=1S/C20H20N4O5/c21-11-14-15-2-1-7-23(15)20(27)24(19(14)26)12-18(25)22-6-5-13-3-4-16-17(10-13)29-9-8-28-16/h3-4,10H,1-2,5-9,12H2,(H,22,25). The largest absolute Gasteiger partial charge is 0.486 e. The van der Waals surface area contributed by atoms with E-state index in [1.807, 2.05) is 24.3 Å². The highest BCUT2D eigenvalue weighted by Gasteiger charge is 2.23. The molecule has 0 atom stereocenters. The van der Waals surface area contributed by atoms with Gasteiger partial charge in [0, 0.05) is 18.8 Å². The van der Waals surface area contributed by atoms with Crippen molar-refractivity contribution in [3.8, 4) is 17.6 Å². The molecule has 1 aromatic carbocycles. The Kier molecular flexibility index (Phi) is 5.08. The summed E-state index contributed by atoms with van der Waals surface area (Å²) in [5, 5.41) is 12.0. The minimum Gasteiger partial charge on any atom is -0.486 e. The molecule has 0 fully saturated rings. The predicted molar refractivity (Wildman–Crippen MR) is 102 cm³/mol. The first-order valence-corrected chi connectivity index (χ1v) is 9.50. The Morgan fingerprint density at radius 2 is 2.00 bits per heavy atom. The van der Waals surface area contributed by atoms with Gasteiger partial charge in [-0.25, -0.2) is 9.36 Å². The average molecular weight is 396 g/mol. The number of rotatable bonds is 5. The Hall–Kier alpha value is -3.54. The fourth-order valence-corrected chi connectivity index (χ4v) is 3.68. The quantitative estimate of drug-likeness (QED) is 0.758. The molecular weight excluding hydrogens is 376 g/mol. The Bertz CT molecular complexity index is 1130. The number of hydrogen-bond donors (Lipinski definition) is 1. The van der Waals surface area contributed by atoms with Crippen LogP contribution >= 0.6 is 0 Å². The number of aromatic nitrogens is 2. The van der Waals surface area contributed by atoms with Gasteiger partial charge >= 0.3 is 5.69 Å². The lowest BCUT2D eigenvalue weighted by atomic mass is 10.1. The van der Waals surface area contributed by atoms with Crippen LogP contribution in [0.25, 0.3) is 0 Å². The van der Waals surface area contributed by atoms with E-state index in [-0.39, 0.29) is 5.56 Å². The van der Waals surface area contributed by atoms with E-state index in [9.17, 15) is 19.6 Å². The SMILES string of the molecule is N#Cc1c2n(c(=O)n(CC(=O)NCCc3ccc4c(c3)OCCO4)c1=O)CCC2. The number of nitrogens with zero attached hydrogens (tertiary/aromatic N) is 3. The highest BCUT2D eigenvalue weighted by atomic mass is 16.6. The number of hydrogen-bond acceptors (Lipinski definition) is 6. The third-order valence-corrected chi connectivity index (χ3v) is 5.09. The fourth-order valence-electron chi connectivity index (χ4n) is 3.68. The lowest BCUT2D eigenvalue weighted by Crippen LogP contribution is -2.45. The molecule has 2 aliphatic rings. The number of ether oxygens (including phenoxy) is 2. The van der Waals surface area contributed by atoms with Gasteiger partial charge in [-0.05, 0) is 37.0 Å². The maximum atomic E-state index is 12.5. The second-order valence-corrected chi connectivity index (χ2v) is 6.94. The van der Waals surface area contributed by atoms with Crippen LogP contribution in [0.1, 0.15) is 23.2 Å². The van der Waals surface area contributed by atoms with Crippen LogP contribution in [0.5, 0.6) is 11.5 Å². The molecule has 0 saturated carbocycles. The van der Waals surface area contributed by atoms with E-state index >= 15 is 0 Å². The molecule has 2 aromatic rings. The van der Waals surface area contributed by atoms with E-state index < -0.39 is 23.7 Å². The van der Waals surface area contributed by atoms with Crippen molar-refractivity contribution < 1.29 is 14.3 Å². The molecule has 0 spiro atoms. The van der Waals surface area contributed by atoms with Crippen molar-refractivity contribution in [2.45, 2.75) is 32.4 Å². The van der Waals surface area contributed by atoms with Crippen LogP contribution in [0.15, 0.2) is 27.8 Å². The minimum absolute atomic E-state index is 0.0498. The van der Waals surface area contributed by atoms with E-state index in [4.69, 9.17) is 9.47 Å². The molecule has 9 heteroatoms. The molecule has 3 heterocycles. The second kappa shape index (κ2) is 7.83. The van der Waals surface area contributed by atoms with Gasteiger partial charge in [-0.15, -0.1) is 0 Å². The van der Waals surface area contributed by atoms with Gasteiger partial charge in [0.1, 0.15) is 31.4 Å². The normalized spacial score (nSPS) is 14.2. The average Bonchev–Trinajstić information content (AvgIpc) is 3.21. The summed E-state index contributed by atoms with van der Waals surface area (Å²) in [6.07, 6.45) is 1.79. The molecule has 4 rings (SSSR count). The minimum atomic E-state index is -0.701. The van der Waals surface area contributed by atoms with Crippen molar-refractivity contribution in [1.29, 1.82) is 5.26 Å². The van der Waals surface area contributed by atoms with Crippen LogP contribution in [0.2, 0.25) is 0 Å². The maximum absolute atomic E-state index is 12.5. The highest BCUT2D eigenvalue weighted by molar-refractivity contribution is 5.75. The molecule has 150 valence electrons. The van der Waals surface area contributed by atoms with Crippen LogP contribution in [-0.4, -0.2) is 34.8 Å². The number of amides is 1. The van der Waals surface area contributed by atoms with Gasteiger partial charge in [-0.2, -0.15) is 5.26 Å². The lowest BCUT2D eigenvalue weighted by Gasteiger charge is -2.18. The van der Waals surface area contributed by atoms with Crippen LogP contribution in [0.4, 0.5) is 0 Å². The molecule has 0 radical (unpaired) electrons. The Balaban J connectivity index is 1.41. The summed E-state index contributed by atoms with van der Waals surface area (Å²) >= 11 is 0. The number of benzene rings is 1. The molecule has 2 aliphatic heterocycles. The van der Waals surface area contributed by atoms with Crippen molar-refractivity contribution >= 4 is 5.91 Å². The van der Waals surface area contributed by atoms with E-state index in [1.54, 1.807) is 0 Å². The number of nitriles is 1. The summed E-state index contributed by atoms with van der Waals surface area (Å²) in [5.74, 6) is 0.930. The van der Waals surface area contributed by atoms with Crippen molar-refractivity contribution in [3.63, 3.8) is 0 Å². The third kappa shape index (κ3) is 3.61. The Morgan fingerprint density at radius 1 is 1.21 bits per heavy atom. The smallest absolute Gasteiger partial charge is 0.331 e. The maximum Gasteiger partial charge on any atom is 0.331 e. The number of fused-ring (bicyclic) bond motifs is 2. The van der Waals surface area contributed by atoms with Crippen LogP contribution in [-0.2, 0) is 30.7 Å². The van der Waals surface area contributed by atoms with Gasteiger partial charge in [0.15, 0.2) is 11.5 Å². The molecule has 1 aromatic heterocycles. The summed E-state index contributed by atoms with van der Waals surface area (Å²) in [5.41, 5.74) is 0.149. The highest BCUT2D eigenvalue weighted by Crippen LogP contribution is 2.30. The van der Waals surface area contributed by atoms with Gasteiger partial charge < -0.3 is 14.8 Å². The first-order chi connectivity index (χ1) is 14.1. The monoisotopic (exact) mass is 396 g/mol. The predicted octanol–water partition coefficient (Wildman–Crippen LogP) is -0.0420. The number of carbonyl (C=O) groups excluding carboxylic acids is 1. The van der Waals surface area contributed by atoms with E-state index in [0.29, 0.717) is 62.8 Å². The zero-order chi connectivity index (χ0) is 20.4. The topological polar surface area (TPSA) is 115 Å². The summed E-state index contributed by atoms with van der Waals surface area (Å²) in [6, 6.07) is 7.48. The molecule has 29 heavy (non-hydrogen) atoms. The zero-order valence-electron chi connectivity index (χ0n) is 15.8. The van der Waals surface area contributed by atoms with Crippen LogP contribution in [0, 0.1) is 11.3 Å². The molecule has 1 amide bonds. The van der Waals surface area contributed by atoms with E-state index in [1.165, 1.54) is 4.57 Å². The van der Waals surface area contributed by atoms with Gasteiger partial charge in [-0.3, -0.25) is 14.2 Å². The summed E-state index contributed by atoms with van der Waals surface area (Å²) in [4.78, 5) is 37.3. The van der Waals surface area contributed by atoms with Gasteiger partial charge in [0.2, 0.25) is 5.91 Å². The fraction of sp³-hybridized carbons (Fsp3) is 0.400. The third-order valence-electron chi connectivity index (χ3n) is 5.09. The van der Waals surface area contributed by atoms with Gasteiger partial charge in [0.25, 0.3) is 5.56 Å². The molecular formula is C20H20N4O5. The molecule has 0 bridgehead atoms. The first kappa shape index (κ1) is 18.8. The molecule has 0 saturated heterocycles. The van der Waals surface area contributed by atoms with E-state index in [2.05, 4.69) is 5.32 Å². The summed E-state index contributed by atoms with van der Waals surface area (Å²) in [6.45, 7) is 1.41. The first-order valence-electron chi connectivity index (χ1n) is 9.50. The molecule has 1 N–H and O–H groups in total. The van der Waals surface area contributed by atoms with Crippen molar-refractivity contribution in [3.05, 3.63) is 55.9 Å². The van der Waals surface area contributed by atoms with Gasteiger partial charge in [0.05, 0.1) is 0 Å². The van der Waals surface area contributed by atoms with Crippen LogP contribution in [0.3, 0.4) is 0 Å². The zero-order valence-corrected chi connectivity index (χ0v) is 15.8. The summed E-state index contributed by atoms with van der Waals surface area (Å²) < 4.78 is 13.3. The molecule has 9 nitrogen and oxygen atoms in total.